The van der Waals surface area contributed by atoms with E-state index in [0.29, 0.717) is 16.8 Å². The second-order valence-electron chi connectivity index (χ2n) is 4.78. The minimum absolute atomic E-state index is 0.226. The van der Waals surface area contributed by atoms with Gasteiger partial charge in [-0.2, -0.15) is 16.6 Å². The average molecular weight is 322 g/mol. The number of pyridine rings is 1. The van der Waals surface area contributed by atoms with Gasteiger partial charge in [0.1, 0.15) is 11.3 Å². The fourth-order valence-corrected chi connectivity index (χ4v) is 2.90. The number of aromatic carboxylic acids is 1. The number of carboxylic acids is 1. The maximum absolute atomic E-state index is 11.1. The Balaban J connectivity index is 2.10. The number of nitrogens with zero attached hydrogens (tertiary/aromatic N) is 2. The SMILES string of the molecule is N#Cc1cc(-c2cc(C(=O)O)c(O)cn2)ccc1-c1ccsc1. The number of rotatable bonds is 3. The van der Waals surface area contributed by atoms with Crippen molar-refractivity contribution in [3.05, 3.63) is 58.4 Å². The number of aromatic nitrogens is 1. The normalized spacial score (nSPS) is 10.2. The summed E-state index contributed by atoms with van der Waals surface area (Å²) in [6.45, 7) is 0. The number of hydrogen-bond donors (Lipinski definition) is 2. The van der Waals surface area contributed by atoms with Crippen LogP contribution in [0.15, 0.2) is 47.3 Å². The molecule has 5 nitrogen and oxygen atoms in total. The molecule has 2 heterocycles. The molecule has 0 radical (unpaired) electrons. The predicted octanol–water partition coefficient (Wildman–Crippen LogP) is 3.75. The Bertz CT molecular complexity index is 928. The number of benzene rings is 1. The second kappa shape index (κ2) is 5.91. The van der Waals surface area contributed by atoms with Crippen molar-refractivity contribution in [2.75, 3.05) is 0 Å². The van der Waals surface area contributed by atoms with E-state index in [2.05, 4.69) is 11.1 Å². The fraction of sp³-hybridized carbons (Fsp3) is 0. The van der Waals surface area contributed by atoms with Crippen LogP contribution in [0.25, 0.3) is 22.4 Å². The molecule has 0 saturated carbocycles. The summed E-state index contributed by atoms with van der Waals surface area (Å²) in [5.41, 5.74) is 3.03. The maximum atomic E-state index is 11.1. The Kier molecular flexibility index (Phi) is 3.79. The zero-order chi connectivity index (χ0) is 16.4. The van der Waals surface area contributed by atoms with Crippen LogP contribution in [0.5, 0.6) is 5.75 Å². The first kappa shape index (κ1) is 14.8. The molecular weight excluding hydrogens is 312 g/mol. The first-order chi connectivity index (χ1) is 11.1. The number of aromatic hydroxyl groups is 1. The van der Waals surface area contributed by atoms with Crippen LogP contribution in [0.4, 0.5) is 0 Å². The lowest BCUT2D eigenvalue weighted by Gasteiger charge is -2.07. The van der Waals surface area contributed by atoms with Gasteiger partial charge in [-0.1, -0.05) is 12.1 Å². The van der Waals surface area contributed by atoms with Crippen LogP contribution in [0.3, 0.4) is 0 Å². The number of hydrogen-bond acceptors (Lipinski definition) is 5. The monoisotopic (exact) mass is 322 g/mol. The minimum atomic E-state index is -1.23. The molecule has 2 N–H and O–H groups in total. The summed E-state index contributed by atoms with van der Waals surface area (Å²) in [4.78, 5) is 15.1. The van der Waals surface area contributed by atoms with Crippen LogP contribution in [-0.4, -0.2) is 21.2 Å². The van der Waals surface area contributed by atoms with E-state index in [1.165, 1.54) is 6.07 Å². The molecule has 0 bridgehead atoms. The molecule has 0 spiro atoms. The highest BCUT2D eigenvalue weighted by atomic mass is 32.1. The van der Waals surface area contributed by atoms with Crippen molar-refractivity contribution in [1.29, 1.82) is 5.26 Å². The highest BCUT2D eigenvalue weighted by molar-refractivity contribution is 7.08. The van der Waals surface area contributed by atoms with Gasteiger partial charge in [0.05, 0.1) is 23.5 Å². The molecule has 3 aromatic rings. The van der Waals surface area contributed by atoms with Gasteiger partial charge in [0, 0.05) is 11.1 Å². The molecule has 0 aliphatic heterocycles. The first-order valence-electron chi connectivity index (χ1n) is 6.59. The van der Waals surface area contributed by atoms with Gasteiger partial charge in [-0.15, -0.1) is 0 Å². The van der Waals surface area contributed by atoms with E-state index >= 15 is 0 Å². The summed E-state index contributed by atoms with van der Waals surface area (Å²) < 4.78 is 0. The molecular formula is C17H10N2O3S. The van der Waals surface area contributed by atoms with Crippen molar-refractivity contribution < 1.29 is 15.0 Å². The summed E-state index contributed by atoms with van der Waals surface area (Å²) in [6, 6.07) is 10.6. The van der Waals surface area contributed by atoms with Crippen LogP contribution in [0.1, 0.15) is 15.9 Å². The zero-order valence-electron chi connectivity index (χ0n) is 11.7. The van der Waals surface area contributed by atoms with Gasteiger partial charge >= 0.3 is 5.97 Å². The standard InChI is InChI=1S/C17H10N2O3S/c18-7-12-5-10(1-2-13(12)11-3-4-23-9-11)15-6-14(17(21)22)16(20)8-19-15/h1-6,8-9,20H,(H,21,22). The third kappa shape index (κ3) is 2.78. The third-order valence-electron chi connectivity index (χ3n) is 3.38. The van der Waals surface area contributed by atoms with Gasteiger partial charge in [0.2, 0.25) is 0 Å². The van der Waals surface area contributed by atoms with Gasteiger partial charge in [0.25, 0.3) is 0 Å². The number of carboxylic acid groups (broad SMARTS) is 1. The van der Waals surface area contributed by atoms with Crippen LogP contribution in [0, 0.1) is 11.3 Å². The average Bonchev–Trinajstić information content (AvgIpc) is 3.08. The molecule has 3 rings (SSSR count). The minimum Gasteiger partial charge on any atom is -0.505 e. The van der Waals surface area contributed by atoms with Crippen molar-refractivity contribution in [2.45, 2.75) is 0 Å². The molecule has 1 aromatic carbocycles. The molecule has 23 heavy (non-hydrogen) atoms. The molecule has 0 aliphatic carbocycles. The van der Waals surface area contributed by atoms with E-state index in [1.54, 1.807) is 23.5 Å². The Morgan fingerprint density at radius 3 is 2.70 bits per heavy atom. The van der Waals surface area contributed by atoms with Crippen molar-refractivity contribution in [3.8, 4) is 34.2 Å². The van der Waals surface area contributed by atoms with Crippen molar-refractivity contribution >= 4 is 17.3 Å². The van der Waals surface area contributed by atoms with Crippen LogP contribution in [-0.2, 0) is 0 Å². The molecule has 2 aromatic heterocycles. The van der Waals surface area contributed by atoms with Crippen molar-refractivity contribution in [3.63, 3.8) is 0 Å². The molecule has 0 amide bonds. The summed E-state index contributed by atoms with van der Waals surface area (Å²) >= 11 is 1.55. The molecule has 112 valence electrons. The molecule has 0 unspecified atom stereocenters. The molecule has 0 fully saturated rings. The van der Waals surface area contributed by atoms with Crippen LogP contribution in [0.2, 0.25) is 0 Å². The third-order valence-corrected chi connectivity index (χ3v) is 4.06. The first-order valence-corrected chi connectivity index (χ1v) is 7.54. The second-order valence-corrected chi connectivity index (χ2v) is 5.56. The van der Waals surface area contributed by atoms with Crippen molar-refractivity contribution in [1.82, 2.24) is 4.98 Å². The summed E-state index contributed by atoms with van der Waals surface area (Å²) in [5, 5.41) is 31.9. The Morgan fingerprint density at radius 1 is 1.22 bits per heavy atom. The lowest BCUT2D eigenvalue weighted by molar-refractivity contribution is 0.0693. The molecule has 6 heteroatoms. The quantitative estimate of drug-likeness (QED) is 0.766. The Morgan fingerprint density at radius 2 is 2.04 bits per heavy atom. The summed E-state index contributed by atoms with van der Waals surface area (Å²) in [7, 11) is 0. The topological polar surface area (TPSA) is 94.2 Å². The Labute approximate surface area is 135 Å². The highest BCUT2D eigenvalue weighted by Crippen LogP contribution is 2.30. The zero-order valence-corrected chi connectivity index (χ0v) is 12.5. The van der Waals surface area contributed by atoms with E-state index in [4.69, 9.17) is 5.11 Å². The summed E-state index contributed by atoms with van der Waals surface area (Å²) in [5.74, 6) is -1.63. The number of thiophene rings is 1. The maximum Gasteiger partial charge on any atom is 0.339 e. The van der Waals surface area contributed by atoms with Crippen LogP contribution < -0.4 is 0 Å². The van der Waals surface area contributed by atoms with Crippen LogP contribution >= 0.6 is 11.3 Å². The van der Waals surface area contributed by atoms with Crippen molar-refractivity contribution in [2.24, 2.45) is 0 Å². The molecule has 0 aliphatic rings. The highest BCUT2D eigenvalue weighted by Gasteiger charge is 2.14. The van der Waals surface area contributed by atoms with E-state index in [-0.39, 0.29) is 5.56 Å². The molecule has 0 atom stereocenters. The lowest BCUT2D eigenvalue weighted by atomic mass is 9.98. The predicted molar refractivity (Wildman–Crippen MR) is 86.3 cm³/mol. The number of nitriles is 1. The smallest absolute Gasteiger partial charge is 0.339 e. The Hall–Kier alpha value is -3.17. The van der Waals surface area contributed by atoms with E-state index in [1.807, 2.05) is 22.9 Å². The van der Waals surface area contributed by atoms with Gasteiger partial charge in [-0.05, 0) is 34.5 Å². The molecule has 0 saturated heterocycles. The largest absolute Gasteiger partial charge is 0.505 e. The van der Waals surface area contributed by atoms with Gasteiger partial charge in [-0.3, -0.25) is 4.98 Å². The van der Waals surface area contributed by atoms with Gasteiger partial charge in [-0.25, -0.2) is 4.79 Å². The number of carbonyl (C=O) groups is 1. The van der Waals surface area contributed by atoms with E-state index in [0.717, 1.165) is 17.3 Å². The summed E-state index contributed by atoms with van der Waals surface area (Å²) in [6.07, 6.45) is 1.09. The van der Waals surface area contributed by atoms with Gasteiger partial charge in [0.15, 0.2) is 0 Å². The van der Waals surface area contributed by atoms with Gasteiger partial charge < -0.3 is 10.2 Å². The fourth-order valence-electron chi connectivity index (χ4n) is 2.24. The lowest BCUT2D eigenvalue weighted by Crippen LogP contribution is -1.98. The van der Waals surface area contributed by atoms with E-state index < -0.39 is 11.7 Å². The van der Waals surface area contributed by atoms with E-state index in [9.17, 15) is 15.2 Å².